The number of ether oxygens (including phenoxy) is 1. The van der Waals surface area contributed by atoms with Crippen molar-refractivity contribution in [1.82, 2.24) is 15.5 Å². The first-order valence-corrected chi connectivity index (χ1v) is 11.5. The van der Waals surface area contributed by atoms with E-state index in [0.717, 1.165) is 17.5 Å². The van der Waals surface area contributed by atoms with Crippen LogP contribution in [0, 0.1) is 5.92 Å². The Balaban J connectivity index is 1.53. The molecule has 7 heteroatoms. The number of hydrogen-bond donors (Lipinski definition) is 1. The van der Waals surface area contributed by atoms with Crippen molar-refractivity contribution in [3.63, 3.8) is 0 Å². The van der Waals surface area contributed by atoms with Gasteiger partial charge in [-0.2, -0.15) is 0 Å². The van der Waals surface area contributed by atoms with Crippen molar-refractivity contribution in [2.24, 2.45) is 5.92 Å². The van der Waals surface area contributed by atoms with Crippen LogP contribution in [0.5, 0.6) is 5.75 Å². The first kappa shape index (κ1) is 22.9. The van der Waals surface area contributed by atoms with Crippen LogP contribution in [0.2, 0.25) is 0 Å². The van der Waals surface area contributed by atoms with E-state index in [-0.39, 0.29) is 17.7 Å². The zero-order valence-electron chi connectivity index (χ0n) is 18.4. The zero-order valence-corrected chi connectivity index (χ0v) is 19.2. The van der Waals surface area contributed by atoms with Gasteiger partial charge in [-0.25, -0.2) is 0 Å². The van der Waals surface area contributed by atoms with Crippen LogP contribution in [0.25, 0.3) is 11.5 Å². The molecule has 0 saturated carbocycles. The summed E-state index contributed by atoms with van der Waals surface area (Å²) < 4.78 is 11.3. The summed E-state index contributed by atoms with van der Waals surface area (Å²) in [6.45, 7) is 8.86. The van der Waals surface area contributed by atoms with Crippen molar-refractivity contribution < 1.29 is 13.9 Å². The van der Waals surface area contributed by atoms with Gasteiger partial charge in [0.05, 0.1) is 24.0 Å². The molecule has 0 bridgehead atoms. The number of para-hydroxylation sites is 1. The number of nitrogens with one attached hydrogen (secondary N) is 1. The second kappa shape index (κ2) is 11.0. The van der Waals surface area contributed by atoms with Crippen molar-refractivity contribution in [1.29, 1.82) is 0 Å². The Hall–Kier alpha value is -2.80. The van der Waals surface area contributed by atoms with Crippen LogP contribution in [0.15, 0.2) is 58.2 Å². The molecule has 2 aromatic carbocycles. The maximum atomic E-state index is 12.4. The van der Waals surface area contributed by atoms with Crippen LogP contribution in [-0.4, -0.2) is 28.5 Å². The fraction of sp³-hybridized carbons (Fsp3) is 0.375. The Bertz CT molecular complexity index is 986. The third kappa shape index (κ3) is 6.59. The van der Waals surface area contributed by atoms with Gasteiger partial charge in [0.15, 0.2) is 0 Å². The fourth-order valence-corrected chi connectivity index (χ4v) is 3.78. The number of thioether (sulfide) groups is 1. The van der Waals surface area contributed by atoms with E-state index in [1.165, 1.54) is 17.3 Å². The zero-order chi connectivity index (χ0) is 22.2. The second-order valence-electron chi connectivity index (χ2n) is 7.72. The Morgan fingerprint density at radius 3 is 2.55 bits per heavy atom. The predicted molar refractivity (Wildman–Crippen MR) is 123 cm³/mol. The van der Waals surface area contributed by atoms with E-state index in [2.05, 4.69) is 53.6 Å². The molecule has 0 radical (unpaired) electrons. The molecule has 1 aromatic heterocycles. The van der Waals surface area contributed by atoms with E-state index in [1.807, 2.05) is 38.1 Å². The molecular weight excluding hydrogens is 410 g/mol. The van der Waals surface area contributed by atoms with Crippen LogP contribution in [0.3, 0.4) is 0 Å². The van der Waals surface area contributed by atoms with E-state index < -0.39 is 0 Å². The number of nitrogens with zero attached hydrogens (tertiary/aromatic N) is 2. The summed E-state index contributed by atoms with van der Waals surface area (Å²) in [6.07, 6.45) is 1.05. The molecule has 3 rings (SSSR count). The molecule has 1 N–H and O–H groups in total. The normalized spacial score (nSPS) is 12.0. The highest BCUT2D eigenvalue weighted by Crippen LogP contribution is 2.30. The van der Waals surface area contributed by atoms with Crippen molar-refractivity contribution in [3.05, 3.63) is 59.7 Å². The number of carbonyl (C=O) groups excluding carboxylic acids is 1. The summed E-state index contributed by atoms with van der Waals surface area (Å²) in [5.41, 5.74) is 3.13. The van der Waals surface area contributed by atoms with Crippen LogP contribution in [0.1, 0.15) is 44.9 Å². The molecule has 0 saturated heterocycles. The molecule has 31 heavy (non-hydrogen) atoms. The molecule has 0 fully saturated rings. The largest absolute Gasteiger partial charge is 0.493 e. The lowest BCUT2D eigenvalue weighted by molar-refractivity contribution is -0.119. The lowest BCUT2D eigenvalue weighted by atomic mass is 10.00. The summed E-state index contributed by atoms with van der Waals surface area (Å²) in [6, 6.07) is 15.9. The van der Waals surface area contributed by atoms with Gasteiger partial charge in [0.1, 0.15) is 5.75 Å². The van der Waals surface area contributed by atoms with Gasteiger partial charge in [0.2, 0.25) is 5.91 Å². The molecule has 164 valence electrons. The molecule has 1 unspecified atom stereocenters. The van der Waals surface area contributed by atoms with Crippen molar-refractivity contribution >= 4 is 17.7 Å². The minimum Gasteiger partial charge on any atom is -0.493 e. The first-order valence-electron chi connectivity index (χ1n) is 10.5. The molecule has 0 aliphatic heterocycles. The molecule has 0 spiro atoms. The molecular formula is C24H29N3O3S. The highest BCUT2D eigenvalue weighted by molar-refractivity contribution is 7.99. The lowest BCUT2D eigenvalue weighted by Crippen LogP contribution is -2.28. The van der Waals surface area contributed by atoms with E-state index in [9.17, 15) is 4.79 Å². The summed E-state index contributed by atoms with van der Waals surface area (Å²) in [5, 5.41) is 11.5. The third-order valence-electron chi connectivity index (χ3n) is 4.65. The number of benzene rings is 2. The maximum Gasteiger partial charge on any atom is 0.277 e. The van der Waals surface area contributed by atoms with Crippen LogP contribution in [0.4, 0.5) is 0 Å². The van der Waals surface area contributed by atoms with Gasteiger partial charge in [0, 0.05) is 0 Å². The highest BCUT2D eigenvalue weighted by Gasteiger charge is 2.16. The number of aromatic nitrogens is 2. The molecule has 0 aliphatic carbocycles. The van der Waals surface area contributed by atoms with E-state index in [1.54, 1.807) is 0 Å². The van der Waals surface area contributed by atoms with Crippen molar-refractivity contribution in [2.75, 3.05) is 12.4 Å². The number of rotatable bonds is 10. The van der Waals surface area contributed by atoms with Crippen molar-refractivity contribution in [2.45, 2.75) is 45.4 Å². The smallest absolute Gasteiger partial charge is 0.277 e. The summed E-state index contributed by atoms with van der Waals surface area (Å²) >= 11 is 1.22. The minimum absolute atomic E-state index is 0.0717. The summed E-state index contributed by atoms with van der Waals surface area (Å²) in [5.74, 6) is 1.80. The van der Waals surface area contributed by atoms with E-state index >= 15 is 0 Å². The molecule has 6 nitrogen and oxygen atoms in total. The topological polar surface area (TPSA) is 77.2 Å². The first-order chi connectivity index (χ1) is 15.0. The van der Waals surface area contributed by atoms with Gasteiger partial charge < -0.3 is 14.5 Å². The standard InChI is InChI=1S/C24H29N3O3S/c1-5-29-21-9-7-6-8-20(21)23-26-27-24(30-23)31-15-22(28)25-17(4)19-12-10-18(11-13-19)14-16(2)3/h6-13,16-17H,5,14-15H2,1-4H3,(H,25,28). The van der Waals surface area contributed by atoms with E-state index in [4.69, 9.17) is 9.15 Å². The summed E-state index contributed by atoms with van der Waals surface area (Å²) in [4.78, 5) is 12.4. The van der Waals surface area contributed by atoms with Crippen molar-refractivity contribution in [3.8, 4) is 17.2 Å². The summed E-state index contributed by atoms with van der Waals surface area (Å²) in [7, 11) is 0. The molecule has 1 heterocycles. The average molecular weight is 440 g/mol. The van der Waals surface area contributed by atoms with Gasteiger partial charge >= 0.3 is 0 Å². The third-order valence-corrected chi connectivity index (χ3v) is 5.47. The van der Waals surface area contributed by atoms with Gasteiger partial charge in [-0.3, -0.25) is 4.79 Å². The van der Waals surface area contributed by atoms with Crippen LogP contribution < -0.4 is 10.1 Å². The highest BCUT2D eigenvalue weighted by atomic mass is 32.2. The SMILES string of the molecule is CCOc1ccccc1-c1nnc(SCC(=O)NC(C)c2ccc(CC(C)C)cc2)o1. The second-order valence-corrected chi connectivity index (χ2v) is 8.65. The Kier molecular flexibility index (Phi) is 8.12. The Morgan fingerprint density at radius 1 is 1.10 bits per heavy atom. The van der Waals surface area contributed by atoms with Gasteiger partial charge in [-0.1, -0.05) is 62.0 Å². The van der Waals surface area contributed by atoms with Crippen LogP contribution >= 0.6 is 11.8 Å². The Morgan fingerprint density at radius 2 is 1.84 bits per heavy atom. The maximum absolute atomic E-state index is 12.4. The predicted octanol–water partition coefficient (Wildman–Crippen LogP) is 5.30. The van der Waals surface area contributed by atoms with E-state index in [0.29, 0.717) is 29.4 Å². The minimum atomic E-state index is -0.0850. The molecule has 3 aromatic rings. The molecule has 0 aliphatic rings. The molecule has 1 amide bonds. The number of carbonyl (C=O) groups is 1. The van der Waals surface area contributed by atoms with Crippen LogP contribution in [-0.2, 0) is 11.2 Å². The number of amides is 1. The Labute approximate surface area is 187 Å². The molecule has 1 atom stereocenters. The monoisotopic (exact) mass is 439 g/mol. The van der Waals surface area contributed by atoms with Gasteiger partial charge in [-0.15, -0.1) is 10.2 Å². The average Bonchev–Trinajstić information content (AvgIpc) is 3.22. The fourth-order valence-electron chi connectivity index (χ4n) is 3.21. The van der Waals surface area contributed by atoms with Gasteiger partial charge in [-0.05, 0) is 49.4 Å². The number of hydrogen-bond acceptors (Lipinski definition) is 6. The van der Waals surface area contributed by atoms with Gasteiger partial charge in [0.25, 0.3) is 11.1 Å². The lowest BCUT2D eigenvalue weighted by Gasteiger charge is -2.15. The quantitative estimate of drug-likeness (QED) is 0.432.